The van der Waals surface area contributed by atoms with Crippen molar-refractivity contribution in [3.05, 3.63) is 0 Å². The topological polar surface area (TPSA) is 0 Å². The summed E-state index contributed by atoms with van der Waals surface area (Å²) in [6.07, 6.45) is -3.41. The predicted octanol–water partition coefficient (Wildman–Crippen LogP) is 3.22. The van der Waals surface area contributed by atoms with Crippen molar-refractivity contribution in [2.75, 3.05) is 0 Å². The van der Waals surface area contributed by atoms with E-state index in [9.17, 15) is 0 Å². The third-order valence-corrected chi connectivity index (χ3v) is 1.61. The zero-order valence-corrected chi connectivity index (χ0v) is 6.41. The second-order valence-corrected chi connectivity index (χ2v) is 3.60. The lowest BCUT2D eigenvalue weighted by molar-refractivity contribution is 0.191. The molecule has 1 atom stereocenters. The van der Waals surface area contributed by atoms with Crippen LogP contribution in [0.4, 0.5) is 0 Å². The van der Waals surface area contributed by atoms with E-state index in [0.717, 1.165) is 0 Å². The van der Waals surface area contributed by atoms with Gasteiger partial charge in [-0.15, -0.1) is 0 Å². The molecule has 0 aromatic heterocycles. The van der Waals surface area contributed by atoms with Gasteiger partial charge in [-0.2, -0.15) is 0 Å². The van der Waals surface area contributed by atoms with E-state index >= 15 is 0 Å². The molecule has 1 rings (SSSR count). The minimum atomic E-state index is -2.07. The summed E-state index contributed by atoms with van der Waals surface area (Å²) in [5.41, 5.74) is -0.300. The maximum Gasteiger partial charge on any atom is 0.0300 e. The summed E-state index contributed by atoms with van der Waals surface area (Å²) in [5.74, 6) is -1.35. The Morgan fingerprint density at radius 2 is 2.33 bits per heavy atom. The lowest BCUT2D eigenvalue weighted by Gasteiger charge is -2.33. The monoisotopic (exact) mass is 131 g/mol. The third-order valence-electron chi connectivity index (χ3n) is 1.61. The van der Waals surface area contributed by atoms with Crippen LogP contribution < -0.4 is 0 Å². The van der Waals surface area contributed by atoms with Crippen LogP contribution in [-0.2, 0) is 0 Å². The van der Waals surface area contributed by atoms with Crippen LogP contribution in [0, 0.1) is 11.3 Å². The Hall–Kier alpha value is 0. The van der Waals surface area contributed by atoms with Gasteiger partial charge in [0.2, 0.25) is 0 Å². The molecule has 0 N–H and O–H groups in total. The molecule has 0 bridgehead atoms. The molecular formula is C9H18. The third kappa shape index (κ3) is 2.00. The maximum absolute atomic E-state index is 7.93. The van der Waals surface area contributed by atoms with E-state index in [1.165, 1.54) is 6.92 Å². The van der Waals surface area contributed by atoms with Crippen LogP contribution in [0.1, 0.15) is 53.2 Å². The summed E-state index contributed by atoms with van der Waals surface area (Å²) in [6.45, 7) is 5.28. The van der Waals surface area contributed by atoms with E-state index in [4.69, 9.17) is 6.85 Å². The molecule has 0 spiro atoms. The van der Waals surface area contributed by atoms with Crippen molar-refractivity contribution in [3.63, 3.8) is 0 Å². The summed E-state index contributed by atoms with van der Waals surface area (Å²) in [7, 11) is 0. The van der Waals surface area contributed by atoms with E-state index in [0.29, 0.717) is 6.42 Å². The lowest BCUT2D eigenvalue weighted by atomic mass is 9.73. The number of hydrogen-bond acceptors (Lipinski definition) is 0. The first kappa shape index (κ1) is 2.94. The van der Waals surface area contributed by atoms with Crippen molar-refractivity contribution in [3.8, 4) is 0 Å². The first-order chi connectivity index (χ1) is 5.91. The molecule has 54 valence electrons. The van der Waals surface area contributed by atoms with E-state index in [2.05, 4.69) is 0 Å². The predicted molar refractivity (Wildman–Crippen MR) is 41.4 cm³/mol. The Bertz CT molecular complexity index is 220. The molecule has 0 amide bonds. The summed E-state index contributed by atoms with van der Waals surface area (Å²) in [4.78, 5) is 0. The fourth-order valence-electron chi connectivity index (χ4n) is 1.26. The summed E-state index contributed by atoms with van der Waals surface area (Å²) < 4.78 is 38.8. The first-order valence-corrected chi connectivity index (χ1v) is 3.41. The van der Waals surface area contributed by atoms with E-state index in [1.807, 2.05) is 13.8 Å². The van der Waals surface area contributed by atoms with Gasteiger partial charge in [0.25, 0.3) is 0 Å². The van der Waals surface area contributed by atoms with Gasteiger partial charge in [0.1, 0.15) is 0 Å². The van der Waals surface area contributed by atoms with E-state index < -0.39 is 18.6 Å². The van der Waals surface area contributed by atoms with Gasteiger partial charge in [0.05, 0.1) is 0 Å². The SMILES string of the molecule is [2H]C1([2H])CC(C)(C)CC([2H])(C)C1([2H])[2H]. The highest BCUT2D eigenvalue weighted by Gasteiger charge is 2.24. The highest BCUT2D eigenvalue weighted by molar-refractivity contribution is 4.76. The first-order valence-electron chi connectivity index (χ1n) is 5.91. The molecule has 0 nitrogen and oxygen atoms in total. The Labute approximate surface area is 65.7 Å². The second-order valence-electron chi connectivity index (χ2n) is 3.60. The number of hydrogen-bond donors (Lipinski definition) is 0. The van der Waals surface area contributed by atoms with Crippen LogP contribution in [-0.4, -0.2) is 0 Å². The van der Waals surface area contributed by atoms with Gasteiger partial charge in [0, 0.05) is 6.85 Å². The Morgan fingerprint density at radius 1 is 1.67 bits per heavy atom. The van der Waals surface area contributed by atoms with Crippen LogP contribution in [0.25, 0.3) is 0 Å². The molecule has 0 aliphatic heterocycles. The standard InChI is InChI=1S/C9H18/c1-8-5-4-6-9(2,3)7-8/h8H,4-7H2,1-3H3/i4D2,5D2,8D. The van der Waals surface area contributed by atoms with Gasteiger partial charge in [-0.05, 0) is 24.2 Å². The largest absolute Gasteiger partial charge is 0.0625 e. The molecule has 0 aromatic carbocycles. The smallest absolute Gasteiger partial charge is 0.0300 e. The fourth-order valence-corrected chi connectivity index (χ4v) is 1.26. The molecule has 0 aromatic rings. The minimum absolute atomic E-state index is 0.182. The van der Waals surface area contributed by atoms with Crippen molar-refractivity contribution < 1.29 is 6.85 Å². The molecule has 1 unspecified atom stereocenters. The Kier molecular flexibility index (Phi) is 0.757. The van der Waals surface area contributed by atoms with Crippen molar-refractivity contribution in [1.29, 1.82) is 0 Å². The maximum atomic E-state index is 7.93. The average Bonchev–Trinajstić information content (AvgIpc) is 1.77. The Morgan fingerprint density at radius 3 is 2.89 bits per heavy atom. The molecule has 1 saturated carbocycles. The molecule has 1 aliphatic rings. The highest BCUT2D eigenvalue weighted by Crippen LogP contribution is 2.37. The summed E-state index contributed by atoms with van der Waals surface area (Å²) in [5, 5.41) is 0. The minimum Gasteiger partial charge on any atom is -0.0625 e. The molecule has 9 heavy (non-hydrogen) atoms. The molecule has 1 fully saturated rings. The molecule has 0 radical (unpaired) electrons. The zero-order chi connectivity index (χ0) is 11.4. The van der Waals surface area contributed by atoms with Gasteiger partial charge < -0.3 is 0 Å². The van der Waals surface area contributed by atoms with E-state index in [1.54, 1.807) is 0 Å². The Balaban J connectivity index is 3.13. The van der Waals surface area contributed by atoms with Crippen LogP contribution in [0.5, 0.6) is 0 Å². The normalized spacial score (nSPS) is 61.9. The van der Waals surface area contributed by atoms with Crippen molar-refractivity contribution >= 4 is 0 Å². The quantitative estimate of drug-likeness (QED) is 0.473. The van der Waals surface area contributed by atoms with Gasteiger partial charge in [-0.1, -0.05) is 33.5 Å². The molecule has 1 aliphatic carbocycles. The van der Waals surface area contributed by atoms with Crippen LogP contribution in [0.2, 0.25) is 0 Å². The summed E-state index contributed by atoms with van der Waals surface area (Å²) >= 11 is 0. The zero-order valence-electron chi connectivity index (χ0n) is 11.4. The van der Waals surface area contributed by atoms with Crippen molar-refractivity contribution in [1.82, 2.24) is 0 Å². The average molecular weight is 131 g/mol. The molecule has 0 heterocycles. The van der Waals surface area contributed by atoms with Crippen LogP contribution in [0.3, 0.4) is 0 Å². The van der Waals surface area contributed by atoms with Gasteiger partial charge in [0.15, 0.2) is 0 Å². The second kappa shape index (κ2) is 2.32. The molecular weight excluding hydrogens is 108 g/mol. The van der Waals surface area contributed by atoms with Crippen LogP contribution >= 0.6 is 0 Å². The van der Waals surface area contributed by atoms with Crippen molar-refractivity contribution in [2.45, 2.75) is 46.4 Å². The van der Waals surface area contributed by atoms with Crippen molar-refractivity contribution in [2.24, 2.45) is 11.3 Å². The van der Waals surface area contributed by atoms with Gasteiger partial charge in [-0.3, -0.25) is 0 Å². The lowest BCUT2D eigenvalue weighted by Crippen LogP contribution is -2.20. The van der Waals surface area contributed by atoms with Gasteiger partial charge in [-0.25, -0.2) is 0 Å². The van der Waals surface area contributed by atoms with E-state index in [-0.39, 0.29) is 11.8 Å². The highest BCUT2D eigenvalue weighted by atomic mass is 14.3. The van der Waals surface area contributed by atoms with Crippen LogP contribution in [0.15, 0.2) is 0 Å². The number of rotatable bonds is 0. The summed E-state index contributed by atoms with van der Waals surface area (Å²) in [6, 6.07) is 0. The fraction of sp³-hybridized carbons (Fsp3) is 1.00. The molecule has 0 saturated heterocycles. The van der Waals surface area contributed by atoms with Gasteiger partial charge >= 0.3 is 0 Å². The molecule has 0 heteroatoms.